The lowest BCUT2D eigenvalue weighted by molar-refractivity contribution is 0.475. The molecule has 3 nitrogen and oxygen atoms in total. The molecule has 2 aromatic carbocycles. The van der Waals surface area contributed by atoms with Crippen LogP contribution in [0.5, 0.6) is 5.75 Å². The van der Waals surface area contributed by atoms with E-state index in [1.54, 1.807) is 24.3 Å². The van der Waals surface area contributed by atoms with E-state index in [9.17, 15) is 13.5 Å². The average Bonchev–Trinajstić information content (AvgIpc) is 2.65. The number of sulfone groups is 1. The van der Waals surface area contributed by atoms with Crippen LogP contribution in [0.4, 0.5) is 0 Å². The lowest BCUT2D eigenvalue weighted by Gasteiger charge is -2.07. The van der Waals surface area contributed by atoms with E-state index in [2.05, 4.69) is 0 Å². The number of aryl methyl sites for hydroxylation is 1. The Morgan fingerprint density at radius 2 is 1.89 bits per heavy atom. The molecule has 0 amide bonds. The molecule has 1 aliphatic heterocycles. The Hall–Kier alpha value is -1.52. The van der Waals surface area contributed by atoms with Gasteiger partial charge in [0.1, 0.15) is 5.75 Å². The van der Waals surface area contributed by atoms with Crippen molar-refractivity contribution in [1.29, 1.82) is 0 Å². The highest BCUT2D eigenvalue weighted by molar-refractivity contribution is 7.91. The van der Waals surface area contributed by atoms with Gasteiger partial charge in [0.15, 0.2) is 9.84 Å². The predicted octanol–water partition coefficient (Wildman–Crippen LogP) is 3.04. The normalized spacial score (nSPS) is 16.3. The van der Waals surface area contributed by atoms with E-state index in [0.717, 1.165) is 16.7 Å². The Morgan fingerprint density at radius 3 is 2.63 bits per heavy atom. The van der Waals surface area contributed by atoms with E-state index in [1.165, 1.54) is 6.07 Å². The highest BCUT2D eigenvalue weighted by Crippen LogP contribution is 2.34. The van der Waals surface area contributed by atoms with E-state index in [4.69, 9.17) is 11.6 Å². The molecule has 1 aliphatic rings. The zero-order valence-electron chi connectivity index (χ0n) is 9.93. The minimum Gasteiger partial charge on any atom is -0.508 e. The topological polar surface area (TPSA) is 54.4 Å². The Labute approximate surface area is 116 Å². The molecule has 0 spiro atoms. The molecule has 19 heavy (non-hydrogen) atoms. The van der Waals surface area contributed by atoms with E-state index < -0.39 is 9.84 Å². The number of hydrogen-bond donors (Lipinski definition) is 1. The first-order valence-corrected chi connectivity index (χ1v) is 7.85. The van der Waals surface area contributed by atoms with Crippen molar-refractivity contribution < 1.29 is 13.5 Å². The van der Waals surface area contributed by atoms with E-state index in [-0.39, 0.29) is 11.5 Å². The molecule has 0 saturated heterocycles. The summed E-state index contributed by atoms with van der Waals surface area (Å²) in [6.45, 7) is 0. The summed E-state index contributed by atoms with van der Waals surface area (Å²) in [6.07, 6.45) is 0.543. The minimum absolute atomic E-state index is 0.109. The molecular weight excluding hydrogens is 284 g/mol. The fraction of sp³-hybridized carbons (Fsp3) is 0.143. The summed E-state index contributed by atoms with van der Waals surface area (Å²) in [7, 11) is -3.09. The summed E-state index contributed by atoms with van der Waals surface area (Å²) in [5, 5.41) is 9.79. The molecule has 0 unspecified atom stereocenters. The maximum Gasteiger partial charge on any atom is 0.178 e. The molecule has 2 aromatic rings. The van der Waals surface area contributed by atoms with Gasteiger partial charge in [-0.1, -0.05) is 17.7 Å². The standard InChI is InChI=1S/C14H11ClO3S/c15-13-8-11(16)2-3-12(13)9-1-4-14-10(7-9)5-6-19(14,17)18/h1-4,7-8,16H,5-6H2. The molecule has 0 atom stereocenters. The number of rotatable bonds is 1. The van der Waals surface area contributed by atoms with E-state index >= 15 is 0 Å². The Balaban J connectivity index is 2.14. The zero-order chi connectivity index (χ0) is 13.6. The number of aromatic hydroxyl groups is 1. The number of phenols is 1. The van der Waals surface area contributed by atoms with Crippen LogP contribution in [-0.2, 0) is 16.3 Å². The van der Waals surface area contributed by atoms with Crippen LogP contribution >= 0.6 is 11.6 Å². The lowest BCUT2D eigenvalue weighted by atomic mass is 10.0. The summed E-state index contributed by atoms with van der Waals surface area (Å²) < 4.78 is 23.5. The van der Waals surface area contributed by atoms with Crippen LogP contribution in [0.2, 0.25) is 5.02 Å². The number of phenolic OH excluding ortho intramolecular Hbond substituents is 1. The summed E-state index contributed by atoms with van der Waals surface area (Å²) >= 11 is 6.09. The molecule has 1 heterocycles. The van der Waals surface area contributed by atoms with Crippen molar-refractivity contribution in [3.63, 3.8) is 0 Å². The second-order valence-corrected chi connectivity index (χ2v) is 7.04. The second kappa shape index (κ2) is 4.25. The van der Waals surface area contributed by atoms with Gasteiger partial charge in [-0.2, -0.15) is 0 Å². The summed E-state index contributed by atoms with van der Waals surface area (Å²) in [5.74, 6) is 0.284. The van der Waals surface area contributed by atoms with Gasteiger partial charge in [-0.05, 0) is 47.9 Å². The van der Waals surface area contributed by atoms with Gasteiger partial charge in [0.2, 0.25) is 0 Å². The van der Waals surface area contributed by atoms with Gasteiger partial charge in [0.05, 0.1) is 15.7 Å². The second-order valence-electron chi connectivity index (χ2n) is 4.56. The van der Waals surface area contributed by atoms with Gasteiger partial charge in [0.25, 0.3) is 0 Å². The van der Waals surface area contributed by atoms with Gasteiger partial charge in [-0.15, -0.1) is 0 Å². The molecule has 0 saturated carbocycles. The quantitative estimate of drug-likeness (QED) is 0.879. The zero-order valence-corrected chi connectivity index (χ0v) is 11.5. The maximum atomic E-state index is 11.8. The average molecular weight is 295 g/mol. The number of fused-ring (bicyclic) bond motifs is 1. The number of hydrogen-bond acceptors (Lipinski definition) is 3. The van der Waals surface area contributed by atoms with Crippen molar-refractivity contribution in [3.05, 3.63) is 47.0 Å². The molecule has 98 valence electrons. The highest BCUT2D eigenvalue weighted by Gasteiger charge is 2.26. The van der Waals surface area contributed by atoms with Gasteiger partial charge < -0.3 is 5.11 Å². The molecule has 0 fully saturated rings. The van der Waals surface area contributed by atoms with Gasteiger partial charge in [-0.25, -0.2) is 8.42 Å². The van der Waals surface area contributed by atoms with Crippen molar-refractivity contribution >= 4 is 21.4 Å². The van der Waals surface area contributed by atoms with Crippen LogP contribution in [0.15, 0.2) is 41.3 Å². The van der Waals surface area contributed by atoms with Gasteiger partial charge in [-0.3, -0.25) is 0 Å². The molecule has 3 rings (SSSR count). The number of halogens is 1. The smallest absolute Gasteiger partial charge is 0.178 e. The van der Waals surface area contributed by atoms with Crippen molar-refractivity contribution in [3.8, 4) is 16.9 Å². The first-order chi connectivity index (χ1) is 8.97. The summed E-state index contributed by atoms with van der Waals surface area (Å²) in [4.78, 5) is 0.422. The van der Waals surface area contributed by atoms with Gasteiger partial charge in [0, 0.05) is 5.56 Å². The Kier molecular flexibility index (Phi) is 2.80. The van der Waals surface area contributed by atoms with Crippen LogP contribution < -0.4 is 0 Å². The Bertz CT molecular complexity index is 766. The third kappa shape index (κ3) is 2.11. The van der Waals surface area contributed by atoms with Crippen LogP contribution in [0.3, 0.4) is 0 Å². The molecule has 1 N–H and O–H groups in total. The molecule has 5 heteroatoms. The van der Waals surface area contributed by atoms with Crippen molar-refractivity contribution in [2.75, 3.05) is 5.75 Å². The minimum atomic E-state index is -3.09. The highest BCUT2D eigenvalue weighted by atomic mass is 35.5. The van der Waals surface area contributed by atoms with Crippen LogP contribution in [-0.4, -0.2) is 19.3 Å². The predicted molar refractivity (Wildman–Crippen MR) is 74.3 cm³/mol. The maximum absolute atomic E-state index is 11.8. The van der Waals surface area contributed by atoms with Crippen LogP contribution in [0, 0.1) is 0 Å². The lowest BCUT2D eigenvalue weighted by Crippen LogP contribution is -1.98. The molecular formula is C14H11ClO3S. The third-order valence-electron chi connectivity index (χ3n) is 3.30. The summed E-state index contributed by atoms with van der Waals surface area (Å²) in [6, 6.07) is 10.0. The molecule has 0 aliphatic carbocycles. The van der Waals surface area contributed by atoms with Crippen molar-refractivity contribution in [1.82, 2.24) is 0 Å². The van der Waals surface area contributed by atoms with Gasteiger partial charge >= 0.3 is 0 Å². The van der Waals surface area contributed by atoms with Crippen LogP contribution in [0.25, 0.3) is 11.1 Å². The number of benzene rings is 2. The van der Waals surface area contributed by atoms with E-state index in [1.807, 2.05) is 6.07 Å². The van der Waals surface area contributed by atoms with E-state index in [0.29, 0.717) is 16.3 Å². The first kappa shape index (κ1) is 12.5. The molecule has 0 bridgehead atoms. The molecule has 0 aromatic heterocycles. The SMILES string of the molecule is O=S1(=O)CCc2cc(-c3ccc(O)cc3Cl)ccc21. The molecule has 0 radical (unpaired) electrons. The fourth-order valence-electron chi connectivity index (χ4n) is 2.34. The summed E-state index contributed by atoms with van der Waals surface area (Å²) in [5.41, 5.74) is 2.48. The largest absolute Gasteiger partial charge is 0.508 e. The van der Waals surface area contributed by atoms with Crippen molar-refractivity contribution in [2.24, 2.45) is 0 Å². The monoisotopic (exact) mass is 294 g/mol. The van der Waals surface area contributed by atoms with Crippen LogP contribution in [0.1, 0.15) is 5.56 Å². The van der Waals surface area contributed by atoms with Crippen molar-refractivity contribution in [2.45, 2.75) is 11.3 Å². The Morgan fingerprint density at radius 1 is 1.11 bits per heavy atom. The third-order valence-corrected chi connectivity index (χ3v) is 5.42. The fourth-order valence-corrected chi connectivity index (χ4v) is 4.17. The first-order valence-electron chi connectivity index (χ1n) is 5.82.